The summed E-state index contributed by atoms with van der Waals surface area (Å²) in [7, 11) is 0. The Morgan fingerprint density at radius 2 is 1.76 bits per heavy atom. The van der Waals surface area contributed by atoms with Gasteiger partial charge in [-0.25, -0.2) is 13.2 Å². The van der Waals surface area contributed by atoms with Crippen molar-refractivity contribution in [2.24, 2.45) is 0 Å². The highest BCUT2D eigenvalue weighted by molar-refractivity contribution is 6.01. The van der Waals surface area contributed by atoms with Crippen molar-refractivity contribution in [3.05, 3.63) is 60.2 Å². The number of halogens is 3. The van der Waals surface area contributed by atoms with Crippen LogP contribution in [-0.4, -0.2) is 4.98 Å². The Morgan fingerprint density at radius 1 is 0.952 bits per heavy atom. The molecule has 0 amide bonds. The van der Waals surface area contributed by atoms with Crippen LogP contribution in [0.15, 0.2) is 42.7 Å². The summed E-state index contributed by atoms with van der Waals surface area (Å²) < 4.78 is 40.1. The van der Waals surface area contributed by atoms with E-state index in [1.54, 1.807) is 30.6 Å². The molecule has 3 nitrogen and oxygen atoms in total. The Bertz CT molecular complexity index is 834. The van der Waals surface area contributed by atoms with Gasteiger partial charge in [-0.2, -0.15) is 0 Å². The molecule has 0 spiro atoms. The minimum absolute atomic E-state index is 0.289. The van der Waals surface area contributed by atoms with Crippen molar-refractivity contribution in [2.75, 3.05) is 11.1 Å². The molecule has 0 saturated carbocycles. The molecule has 0 aliphatic rings. The zero-order valence-electron chi connectivity index (χ0n) is 10.7. The van der Waals surface area contributed by atoms with Gasteiger partial charge in [0.25, 0.3) is 0 Å². The molecular weight excluding hydrogens is 279 g/mol. The van der Waals surface area contributed by atoms with Gasteiger partial charge in [0.15, 0.2) is 11.6 Å². The lowest BCUT2D eigenvalue weighted by molar-refractivity contribution is 0.498. The zero-order chi connectivity index (χ0) is 15.0. The number of fused-ring (bicyclic) bond motifs is 1. The van der Waals surface area contributed by atoms with Gasteiger partial charge in [0.05, 0.1) is 5.69 Å². The minimum atomic E-state index is -1.25. The highest BCUT2D eigenvalue weighted by atomic mass is 19.2. The van der Waals surface area contributed by atoms with E-state index in [1.807, 2.05) is 0 Å². The topological polar surface area (TPSA) is 50.9 Å². The van der Waals surface area contributed by atoms with Gasteiger partial charge in [0, 0.05) is 46.7 Å². The summed E-state index contributed by atoms with van der Waals surface area (Å²) in [6.07, 6.45) is 3.12. The van der Waals surface area contributed by atoms with Crippen LogP contribution in [0.4, 0.5) is 30.2 Å². The number of benzene rings is 2. The maximum absolute atomic E-state index is 13.7. The number of hydrogen-bond donors (Lipinski definition) is 2. The molecule has 0 aliphatic carbocycles. The maximum atomic E-state index is 13.7. The van der Waals surface area contributed by atoms with E-state index in [1.165, 1.54) is 0 Å². The third-order valence-corrected chi connectivity index (χ3v) is 3.11. The lowest BCUT2D eigenvalue weighted by atomic mass is 10.1. The van der Waals surface area contributed by atoms with Crippen LogP contribution in [0, 0.1) is 17.5 Å². The predicted octanol–water partition coefficient (Wildman–Crippen LogP) is 3.98. The third kappa shape index (κ3) is 2.35. The van der Waals surface area contributed by atoms with Crippen molar-refractivity contribution in [2.45, 2.75) is 0 Å². The molecule has 0 atom stereocenters. The fourth-order valence-electron chi connectivity index (χ4n) is 2.11. The molecule has 6 heteroatoms. The van der Waals surface area contributed by atoms with E-state index in [-0.39, 0.29) is 5.69 Å². The van der Waals surface area contributed by atoms with Crippen LogP contribution in [-0.2, 0) is 0 Å². The van der Waals surface area contributed by atoms with Crippen LogP contribution < -0.4 is 11.1 Å². The van der Waals surface area contributed by atoms with Crippen molar-refractivity contribution in [1.29, 1.82) is 0 Å². The summed E-state index contributed by atoms with van der Waals surface area (Å²) in [4.78, 5) is 3.98. The summed E-state index contributed by atoms with van der Waals surface area (Å²) in [6.45, 7) is 0. The first-order valence-corrected chi connectivity index (χ1v) is 6.10. The van der Waals surface area contributed by atoms with E-state index in [9.17, 15) is 13.2 Å². The van der Waals surface area contributed by atoms with Gasteiger partial charge in [0.2, 0.25) is 0 Å². The summed E-state index contributed by atoms with van der Waals surface area (Å²) in [5.41, 5.74) is 6.54. The Morgan fingerprint density at radius 3 is 2.57 bits per heavy atom. The Balaban J connectivity index is 2.13. The number of anilines is 3. The number of hydrogen-bond acceptors (Lipinski definition) is 3. The Kier molecular flexibility index (Phi) is 3.13. The predicted molar refractivity (Wildman–Crippen MR) is 75.8 cm³/mol. The average molecular weight is 289 g/mol. The second-order valence-electron chi connectivity index (χ2n) is 4.50. The summed E-state index contributed by atoms with van der Waals surface area (Å²) in [5, 5.41) is 4.02. The number of nitrogens with zero attached hydrogens (tertiary/aromatic N) is 1. The first kappa shape index (κ1) is 13.2. The molecule has 106 valence electrons. The number of pyridine rings is 1. The van der Waals surface area contributed by atoms with E-state index < -0.39 is 17.5 Å². The van der Waals surface area contributed by atoms with Gasteiger partial charge < -0.3 is 11.1 Å². The smallest absolute Gasteiger partial charge is 0.182 e. The van der Waals surface area contributed by atoms with Crippen molar-refractivity contribution in [1.82, 2.24) is 4.98 Å². The molecule has 3 rings (SSSR count). The molecule has 0 saturated heterocycles. The molecule has 3 N–H and O–H groups in total. The fraction of sp³-hybridized carbons (Fsp3) is 0. The number of aromatic nitrogens is 1. The number of rotatable bonds is 2. The van der Waals surface area contributed by atoms with Gasteiger partial charge in [-0.1, -0.05) is 0 Å². The summed E-state index contributed by atoms with van der Waals surface area (Å²) >= 11 is 0. The minimum Gasteiger partial charge on any atom is -0.398 e. The molecule has 1 aromatic heterocycles. The third-order valence-electron chi connectivity index (χ3n) is 3.11. The molecule has 2 aromatic carbocycles. The first-order chi connectivity index (χ1) is 10.1. The molecule has 0 fully saturated rings. The molecule has 0 radical (unpaired) electrons. The van der Waals surface area contributed by atoms with Gasteiger partial charge in [0.1, 0.15) is 5.82 Å². The van der Waals surface area contributed by atoms with E-state index in [0.29, 0.717) is 28.2 Å². The van der Waals surface area contributed by atoms with Gasteiger partial charge in [-0.05, 0) is 18.2 Å². The van der Waals surface area contributed by atoms with Crippen molar-refractivity contribution < 1.29 is 13.2 Å². The maximum Gasteiger partial charge on any atom is 0.182 e. The fourth-order valence-corrected chi connectivity index (χ4v) is 2.11. The number of nitrogen functional groups attached to an aromatic ring is 1. The van der Waals surface area contributed by atoms with Gasteiger partial charge >= 0.3 is 0 Å². The van der Waals surface area contributed by atoms with Crippen molar-refractivity contribution in [3.8, 4) is 0 Å². The SMILES string of the molecule is Nc1ccc(Nc2cc(F)cc(F)c2F)c2cnccc12. The van der Waals surface area contributed by atoms with Crippen LogP contribution in [0.25, 0.3) is 10.8 Å². The molecular formula is C15H10F3N3. The van der Waals surface area contributed by atoms with Gasteiger partial charge in [-0.3, -0.25) is 4.98 Å². The highest BCUT2D eigenvalue weighted by Crippen LogP contribution is 2.31. The average Bonchev–Trinajstić information content (AvgIpc) is 2.47. The summed E-state index contributed by atoms with van der Waals surface area (Å²) in [6, 6.07) is 6.30. The Labute approximate surface area is 118 Å². The van der Waals surface area contributed by atoms with Crippen LogP contribution in [0.5, 0.6) is 0 Å². The second kappa shape index (κ2) is 4.97. The van der Waals surface area contributed by atoms with E-state index in [4.69, 9.17) is 5.73 Å². The standard InChI is InChI=1S/C15H10F3N3/c16-8-5-11(17)15(18)14(6-8)21-13-2-1-12(19)9-3-4-20-7-10(9)13/h1-7,21H,19H2. The van der Waals surface area contributed by atoms with E-state index in [2.05, 4.69) is 10.3 Å². The van der Waals surface area contributed by atoms with E-state index >= 15 is 0 Å². The lowest BCUT2D eigenvalue weighted by Gasteiger charge is -2.12. The largest absolute Gasteiger partial charge is 0.398 e. The lowest BCUT2D eigenvalue weighted by Crippen LogP contribution is -1.99. The monoisotopic (exact) mass is 289 g/mol. The molecule has 3 aromatic rings. The van der Waals surface area contributed by atoms with Gasteiger partial charge in [-0.15, -0.1) is 0 Å². The van der Waals surface area contributed by atoms with Crippen LogP contribution in [0.1, 0.15) is 0 Å². The molecule has 21 heavy (non-hydrogen) atoms. The van der Waals surface area contributed by atoms with Crippen LogP contribution in [0.3, 0.4) is 0 Å². The molecule has 0 unspecified atom stereocenters. The van der Waals surface area contributed by atoms with Crippen LogP contribution >= 0.6 is 0 Å². The number of nitrogens with two attached hydrogens (primary N) is 1. The Hall–Kier alpha value is -2.76. The van der Waals surface area contributed by atoms with Crippen molar-refractivity contribution >= 4 is 27.8 Å². The van der Waals surface area contributed by atoms with Crippen molar-refractivity contribution in [3.63, 3.8) is 0 Å². The molecule has 0 aliphatic heterocycles. The number of nitrogens with one attached hydrogen (secondary N) is 1. The highest BCUT2D eigenvalue weighted by Gasteiger charge is 2.12. The van der Waals surface area contributed by atoms with E-state index in [0.717, 1.165) is 6.07 Å². The normalized spacial score (nSPS) is 10.8. The van der Waals surface area contributed by atoms with Crippen LogP contribution in [0.2, 0.25) is 0 Å². The molecule has 0 bridgehead atoms. The summed E-state index contributed by atoms with van der Waals surface area (Å²) in [5.74, 6) is -3.27. The second-order valence-corrected chi connectivity index (χ2v) is 4.50. The quantitative estimate of drug-likeness (QED) is 0.554. The zero-order valence-corrected chi connectivity index (χ0v) is 10.7. The first-order valence-electron chi connectivity index (χ1n) is 6.10. The molecule has 1 heterocycles.